The van der Waals surface area contributed by atoms with Crippen LogP contribution < -0.4 is 10.1 Å². The first-order valence-corrected chi connectivity index (χ1v) is 9.11. The fourth-order valence-corrected chi connectivity index (χ4v) is 3.41. The summed E-state index contributed by atoms with van der Waals surface area (Å²) >= 11 is 1.70. The summed E-state index contributed by atoms with van der Waals surface area (Å²) in [7, 11) is 0. The van der Waals surface area contributed by atoms with Crippen molar-refractivity contribution in [1.29, 1.82) is 0 Å². The molecule has 1 N–H and O–H groups in total. The van der Waals surface area contributed by atoms with Gasteiger partial charge in [0.25, 0.3) is 6.43 Å². The Morgan fingerprint density at radius 2 is 2.31 bits per heavy atom. The summed E-state index contributed by atoms with van der Waals surface area (Å²) in [5.41, 5.74) is 2.02. The Balaban J connectivity index is 1.49. The van der Waals surface area contributed by atoms with Gasteiger partial charge in [-0.3, -0.25) is 0 Å². The molecule has 8 heteroatoms. The van der Waals surface area contributed by atoms with Crippen molar-refractivity contribution in [2.75, 3.05) is 19.7 Å². The molecule has 5 nitrogen and oxygen atoms in total. The van der Waals surface area contributed by atoms with E-state index >= 15 is 0 Å². The molecule has 138 valence electrons. The molecule has 3 heterocycles. The van der Waals surface area contributed by atoms with Gasteiger partial charge < -0.3 is 15.0 Å². The molecule has 2 aromatic heterocycles. The van der Waals surface area contributed by atoms with E-state index in [4.69, 9.17) is 4.74 Å². The molecule has 0 saturated heterocycles. The van der Waals surface area contributed by atoms with E-state index in [2.05, 4.69) is 22.4 Å². The summed E-state index contributed by atoms with van der Waals surface area (Å²) in [6.07, 6.45) is 1.83. The van der Waals surface area contributed by atoms with Crippen LogP contribution in [-0.4, -0.2) is 42.0 Å². The Hall–Kier alpha value is -2.48. The van der Waals surface area contributed by atoms with Crippen molar-refractivity contribution in [2.24, 2.45) is 0 Å². The number of nitrogens with zero attached hydrogens (tertiary/aromatic N) is 2. The van der Waals surface area contributed by atoms with Gasteiger partial charge in [0.1, 0.15) is 0 Å². The lowest BCUT2D eigenvalue weighted by Gasteiger charge is -2.26. The zero-order chi connectivity index (χ0) is 18.4. The number of urea groups is 1. The summed E-state index contributed by atoms with van der Waals surface area (Å²) in [6.45, 7) is 0.812. The highest BCUT2D eigenvalue weighted by molar-refractivity contribution is 7.11. The van der Waals surface area contributed by atoms with Crippen LogP contribution in [0.4, 0.5) is 13.6 Å². The fourth-order valence-electron chi connectivity index (χ4n) is 2.62. The number of hydrogen-bond acceptors (Lipinski definition) is 4. The van der Waals surface area contributed by atoms with Crippen molar-refractivity contribution in [3.63, 3.8) is 0 Å². The van der Waals surface area contributed by atoms with Crippen LogP contribution in [0.15, 0.2) is 41.9 Å². The molecule has 1 aliphatic heterocycles. The Labute approximate surface area is 154 Å². The maximum atomic E-state index is 12.3. The summed E-state index contributed by atoms with van der Waals surface area (Å²) in [6, 6.07) is 7.21. The zero-order valence-electron chi connectivity index (χ0n) is 14.0. The van der Waals surface area contributed by atoms with Gasteiger partial charge in [-0.05, 0) is 35.1 Å². The van der Waals surface area contributed by atoms with Crippen LogP contribution in [0.3, 0.4) is 0 Å². The molecule has 0 fully saturated rings. The predicted molar refractivity (Wildman–Crippen MR) is 96.5 cm³/mol. The van der Waals surface area contributed by atoms with Crippen molar-refractivity contribution in [3.05, 3.63) is 52.4 Å². The smallest absolute Gasteiger partial charge is 0.317 e. The van der Waals surface area contributed by atoms with E-state index in [0.717, 1.165) is 12.0 Å². The highest BCUT2D eigenvalue weighted by Gasteiger charge is 2.18. The Bertz CT molecular complexity index is 766. The lowest BCUT2D eigenvalue weighted by molar-refractivity contribution is 0.0795. The van der Waals surface area contributed by atoms with E-state index in [9.17, 15) is 13.6 Å². The topological polar surface area (TPSA) is 54.5 Å². The number of halogens is 2. The number of nitrogens with one attached hydrogen (secondary N) is 1. The van der Waals surface area contributed by atoms with Crippen molar-refractivity contribution < 1.29 is 18.3 Å². The first-order chi connectivity index (χ1) is 12.6. The molecule has 0 bridgehead atoms. The molecule has 0 atom stereocenters. The van der Waals surface area contributed by atoms with E-state index in [1.807, 2.05) is 11.4 Å². The number of amides is 2. The van der Waals surface area contributed by atoms with Gasteiger partial charge in [-0.1, -0.05) is 12.1 Å². The largest absolute Gasteiger partial charge is 0.472 e. The minimum Gasteiger partial charge on any atom is -0.472 e. The molecule has 1 aliphatic rings. The van der Waals surface area contributed by atoms with Crippen molar-refractivity contribution >= 4 is 22.9 Å². The lowest BCUT2D eigenvalue weighted by Crippen LogP contribution is -2.41. The van der Waals surface area contributed by atoms with Crippen LogP contribution in [-0.2, 0) is 6.54 Å². The molecular formula is C18H19F2N3O2S. The molecule has 3 rings (SSSR count). The number of hydrogen-bond donors (Lipinski definition) is 1. The van der Waals surface area contributed by atoms with Crippen LogP contribution in [0.25, 0.3) is 5.57 Å². The monoisotopic (exact) mass is 379 g/mol. The number of pyridine rings is 1. The average Bonchev–Trinajstić information content (AvgIpc) is 3.20. The number of alkyl halides is 2. The summed E-state index contributed by atoms with van der Waals surface area (Å²) < 4.78 is 29.2. The molecule has 0 aromatic carbocycles. The minimum absolute atomic E-state index is 0.124. The SMILES string of the molecule is O=C(NCc1ccnc(OCC(F)F)c1)N1CC=C(c2cccs2)CC1. The van der Waals surface area contributed by atoms with E-state index in [1.165, 1.54) is 16.6 Å². The first-order valence-electron chi connectivity index (χ1n) is 8.23. The molecular weight excluding hydrogens is 360 g/mol. The van der Waals surface area contributed by atoms with Crippen molar-refractivity contribution in [3.8, 4) is 5.88 Å². The number of ether oxygens (including phenoxy) is 1. The number of carbonyl (C=O) groups excluding carboxylic acids is 1. The number of rotatable bonds is 6. The number of thiophene rings is 1. The summed E-state index contributed by atoms with van der Waals surface area (Å²) in [5.74, 6) is 0.124. The second-order valence-electron chi connectivity index (χ2n) is 5.77. The molecule has 2 amide bonds. The van der Waals surface area contributed by atoms with Crippen molar-refractivity contribution in [1.82, 2.24) is 15.2 Å². The highest BCUT2D eigenvalue weighted by Crippen LogP contribution is 2.26. The van der Waals surface area contributed by atoms with Gasteiger partial charge in [0.15, 0.2) is 6.61 Å². The zero-order valence-corrected chi connectivity index (χ0v) is 14.8. The molecule has 0 radical (unpaired) electrons. The maximum absolute atomic E-state index is 12.3. The van der Waals surface area contributed by atoms with Crippen LogP contribution in [0, 0.1) is 0 Å². The molecule has 26 heavy (non-hydrogen) atoms. The third-order valence-electron chi connectivity index (χ3n) is 3.93. The number of carbonyl (C=O) groups is 1. The van der Waals surface area contributed by atoms with Crippen LogP contribution in [0.2, 0.25) is 0 Å². The van der Waals surface area contributed by atoms with E-state index in [-0.39, 0.29) is 18.5 Å². The Morgan fingerprint density at radius 3 is 3.00 bits per heavy atom. The van der Waals surface area contributed by atoms with Gasteiger partial charge in [0.05, 0.1) is 0 Å². The molecule has 0 unspecified atom stereocenters. The first kappa shape index (κ1) is 18.3. The second-order valence-corrected chi connectivity index (χ2v) is 6.71. The average molecular weight is 379 g/mol. The van der Waals surface area contributed by atoms with Gasteiger partial charge >= 0.3 is 6.03 Å². The summed E-state index contributed by atoms with van der Waals surface area (Å²) in [4.78, 5) is 19.2. The predicted octanol–water partition coefficient (Wildman–Crippen LogP) is 3.79. The molecule has 2 aromatic rings. The summed E-state index contributed by atoms with van der Waals surface area (Å²) in [5, 5.41) is 4.88. The van der Waals surface area contributed by atoms with Gasteiger partial charge in [-0.2, -0.15) is 0 Å². The Morgan fingerprint density at radius 1 is 1.42 bits per heavy atom. The quantitative estimate of drug-likeness (QED) is 0.831. The van der Waals surface area contributed by atoms with Crippen LogP contribution in [0.5, 0.6) is 5.88 Å². The molecule has 0 saturated carbocycles. The van der Waals surface area contributed by atoms with Crippen LogP contribution in [0.1, 0.15) is 16.9 Å². The van der Waals surface area contributed by atoms with Gasteiger partial charge in [-0.25, -0.2) is 18.6 Å². The third kappa shape index (κ3) is 5.01. The van der Waals surface area contributed by atoms with E-state index in [1.54, 1.807) is 28.4 Å². The number of aromatic nitrogens is 1. The standard InChI is InChI=1S/C18H19F2N3O2S/c19-16(20)12-25-17-10-13(3-6-21-17)11-22-18(24)23-7-4-14(5-8-23)15-2-1-9-26-15/h1-4,6,9-10,16H,5,7-8,11-12H2,(H,22,24). The van der Waals surface area contributed by atoms with Crippen molar-refractivity contribution in [2.45, 2.75) is 19.4 Å². The Kier molecular flexibility index (Phi) is 6.17. The van der Waals surface area contributed by atoms with Gasteiger partial charge in [0, 0.05) is 36.8 Å². The highest BCUT2D eigenvalue weighted by atomic mass is 32.1. The van der Waals surface area contributed by atoms with E-state index in [0.29, 0.717) is 13.1 Å². The van der Waals surface area contributed by atoms with Crippen LogP contribution >= 0.6 is 11.3 Å². The second kappa shape index (κ2) is 8.75. The third-order valence-corrected chi connectivity index (χ3v) is 4.88. The maximum Gasteiger partial charge on any atom is 0.317 e. The normalized spacial score (nSPS) is 14.3. The lowest BCUT2D eigenvalue weighted by atomic mass is 10.1. The molecule has 0 spiro atoms. The molecule has 0 aliphatic carbocycles. The minimum atomic E-state index is -2.55. The van der Waals surface area contributed by atoms with Gasteiger partial charge in [-0.15, -0.1) is 11.3 Å². The fraction of sp³-hybridized carbons (Fsp3) is 0.333. The van der Waals surface area contributed by atoms with E-state index < -0.39 is 13.0 Å². The van der Waals surface area contributed by atoms with Gasteiger partial charge in [0.2, 0.25) is 5.88 Å².